The smallest absolute Gasteiger partial charge is 0.0431 e. The average Bonchev–Trinajstić information content (AvgIpc) is 2.03. The molecule has 0 unspecified atom stereocenters. The number of unbranched alkanes of at least 4 members (excludes halogenated alkanes) is 7. The van der Waals surface area contributed by atoms with Gasteiger partial charge >= 0.3 is 0 Å². The van der Waals surface area contributed by atoms with E-state index in [-0.39, 0.29) is 32.7 Å². The molecule has 0 aliphatic rings. The third kappa shape index (κ3) is 22.9. The number of hydrogen-bond donors (Lipinski definition) is 1. The van der Waals surface area contributed by atoms with Gasteiger partial charge in [-0.3, -0.25) is 0 Å². The van der Waals surface area contributed by atoms with Crippen LogP contribution >= 0.6 is 0 Å². The Bertz CT molecular complexity index is 64.4. The molecule has 0 spiro atoms. The van der Waals surface area contributed by atoms with Crippen molar-refractivity contribution in [1.82, 2.24) is 0 Å². The molecule has 0 saturated heterocycles. The summed E-state index contributed by atoms with van der Waals surface area (Å²) in [6.07, 6.45) is 10.4. The van der Waals surface area contributed by atoms with Gasteiger partial charge in [0.05, 0.1) is 0 Å². The molecule has 0 amide bonds. The standard InChI is InChI=1S/C10H22O.2H2O.Ti/c1-2-3-4-5-6-7-8-9-10-11;;;/h11H,2-10H2,1H3;2*1H2;. The summed E-state index contributed by atoms with van der Waals surface area (Å²) in [5.41, 5.74) is 0. The molecule has 88 valence electrons. The second kappa shape index (κ2) is 23.4. The first-order valence-electron chi connectivity index (χ1n) is 5.02. The molecule has 0 aromatic rings. The molecule has 0 bridgehead atoms. The van der Waals surface area contributed by atoms with E-state index < -0.39 is 0 Å². The summed E-state index contributed by atoms with van der Waals surface area (Å²) in [6.45, 7) is 2.61. The molecule has 0 atom stereocenters. The van der Waals surface area contributed by atoms with Gasteiger partial charge in [-0.1, -0.05) is 51.9 Å². The Morgan fingerprint density at radius 2 is 1.07 bits per heavy atom. The summed E-state index contributed by atoms with van der Waals surface area (Å²) in [5, 5.41) is 8.51. The molecule has 0 rings (SSSR count). The van der Waals surface area contributed by atoms with Crippen LogP contribution in [0.4, 0.5) is 0 Å². The Kier molecular flexibility index (Phi) is 40.2. The zero-order valence-electron chi connectivity index (χ0n) is 9.31. The first-order valence-corrected chi connectivity index (χ1v) is 5.02. The molecular weight excluding hydrogens is 216 g/mol. The van der Waals surface area contributed by atoms with Crippen molar-refractivity contribution in [2.24, 2.45) is 0 Å². The molecule has 4 heteroatoms. The fraction of sp³-hybridized carbons (Fsp3) is 1.00. The maximum Gasteiger partial charge on any atom is 0.0431 e. The molecule has 0 aliphatic heterocycles. The maximum absolute atomic E-state index is 8.51. The molecule has 0 fully saturated rings. The normalized spacial score (nSPS) is 8.14. The van der Waals surface area contributed by atoms with Crippen molar-refractivity contribution in [3.8, 4) is 0 Å². The zero-order chi connectivity index (χ0) is 8.36. The number of hydrogen-bond acceptors (Lipinski definition) is 1. The summed E-state index contributed by atoms with van der Waals surface area (Å²) in [4.78, 5) is 0. The molecule has 0 saturated carbocycles. The van der Waals surface area contributed by atoms with E-state index in [1.165, 1.54) is 44.9 Å². The minimum Gasteiger partial charge on any atom is -0.412 e. The van der Waals surface area contributed by atoms with E-state index >= 15 is 0 Å². The van der Waals surface area contributed by atoms with Crippen LogP contribution in [0.25, 0.3) is 0 Å². The van der Waals surface area contributed by atoms with Crippen molar-refractivity contribution >= 4 is 0 Å². The third-order valence-electron chi connectivity index (χ3n) is 2.01. The quantitative estimate of drug-likeness (QED) is 0.507. The second-order valence-corrected chi connectivity index (χ2v) is 3.20. The van der Waals surface area contributed by atoms with Crippen LogP contribution in [-0.4, -0.2) is 22.7 Å². The Balaban J connectivity index is -0.000000167. The molecule has 0 aliphatic carbocycles. The van der Waals surface area contributed by atoms with Crippen molar-refractivity contribution in [2.75, 3.05) is 6.61 Å². The molecular formula is C10H26O3Ti. The minimum atomic E-state index is 0. The summed E-state index contributed by atoms with van der Waals surface area (Å²) >= 11 is 0. The van der Waals surface area contributed by atoms with Crippen molar-refractivity contribution in [2.45, 2.75) is 58.3 Å². The van der Waals surface area contributed by atoms with Crippen LogP contribution in [0.3, 0.4) is 0 Å². The van der Waals surface area contributed by atoms with E-state index in [2.05, 4.69) is 6.92 Å². The van der Waals surface area contributed by atoms with E-state index in [4.69, 9.17) is 5.11 Å². The molecule has 0 aromatic heterocycles. The predicted molar refractivity (Wildman–Crippen MR) is 56.9 cm³/mol. The first kappa shape index (κ1) is 24.0. The average molecular weight is 242 g/mol. The van der Waals surface area contributed by atoms with Gasteiger partial charge in [0.25, 0.3) is 0 Å². The van der Waals surface area contributed by atoms with Gasteiger partial charge in [0.2, 0.25) is 0 Å². The molecule has 0 radical (unpaired) electrons. The van der Waals surface area contributed by atoms with Crippen LogP contribution in [0, 0.1) is 0 Å². The van der Waals surface area contributed by atoms with E-state index in [1.54, 1.807) is 0 Å². The summed E-state index contributed by atoms with van der Waals surface area (Å²) in [5.74, 6) is 0. The van der Waals surface area contributed by atoms with Crippen LogP contribution in [-0.2, 0) is 21.7 Å². The first-order chi connectivity index (χ1) is 5.41. The van der Waals surface area contributed by atoms with Gasteiger partial charge in [0, 0.05) is 28.3 Å². The van der Waals surface area contributed by atoms with Crippen LogP contribution < -0.4 is 0 Å². The topological polar surface area (TPSA) is 83.2 Å². The van der Waals surface area contributed by atoms with Gasteiger partial charge in [-0.25, -0.2) is 0 Å². The predicted octanol–water partition coefficient (Wildman–Crippen LogP) is 1.47. The Morgan fingerprint density at radius 1 is 0.714 bits per heavy atom. The van der Waals surface area contributed by atoms with E-state index in [0.717, 1.165) is 6.42 Å². The van der Waals surface area contributed by atoms with Crippen molar-refractivity contribution in [3.63, 3.8) is 0 Å². The van der Waals surface area contributed by atoms with Gasteiger partial charge in [0.15, 0.2) is 0 Å². The molecule has 14 heavy (non-hydrogen) atoms. The van der Waals surface area contributed by atoms with Gasteiger partial charge in [-0.15, -0.1) is 0 Å². The SMILES string of the molecule is CCCCCCCCCCO.O.O.[Ti]. The monoisotopic (exact) mass is 242 g/mol. The Morgan fingerprint density at radius 3 is 1.43 bits per heavy atom. The van der Waals surface area contributed by atoms with Crippen LogP contribution in [0.1, 0.15) is 58.3 Å². The van der Waals surface area contributed by atoms with Crippen LogP contribution in [0.15, 0.2) is 0 Å². The third-order valence-corrected chi connectivity index (χ3v) is 2.01. The summed E-state index contributed by atoms with van der Waals surface area (Å²) < 4.78 is 0. The molecule has 5 N–H and O–H groups in total. The fourth-order valence-corrected chi connectivity index (χ4v) is 1.25. The van der Waals surface area contributed by atoms with E-state index in [9.17, 15) is 0 Å². The van der Waals surface area contributed by atoms with E-state index in [1.807, 2.05) is 0 Å². The Labute approximate surface area is 103 Å². The summed E-state index contributed by atoms with van der Waals surface area (Å²) in [7, 11) is 0. The second-order valence-electron chi connectivity index (χ2n) is 3.20. The zero-order valence-corrected chi connectivity index (χ0v) is 10.9. The van der Waals surface area contributed by atoms with Crippen molar-refractivity contribution < 1.29 is 37.8 Å². The van der Waals surface area contributed by atoms with Gasteiger partial charge in [-0.2, -0.15) is 0 Å². The number of rotatable bonds is 8. The van der Waals surface area contributed by atoms with Gasteiger partial charge in [-0.05, 0) is 6.42 Å². The maximum atomic E-state index is 8.51. The molecule has 3 nitrogen and oxygen atoms in total. The Hall–Kier alpha value is 0.594. The van der Waals surface area contributed by atoms with Crippen LogP contribution in [0.5, 0.6) is 0 Å². The van der Waals surface area contributed by atoms with E-state index in [0.29, 0.717) is 6.61 Å². The largest absolute Gasteiger partial charge is 0.412 e. The minimum absolute atomic E-state index is 0. The summed E-state index contributed by atoms with van der Waals surface area (Å²) in [6, 6.07) is 0. The van der Waals surface area contributed by atoms with Crippen LogP contribution in [0.2, 0.25) is 0 Å². The van der Waals surface area contributed by atoms with Gasteiger partial charge in [0.1, 0.15) is 0 Å². The number of aliphatic hydroxyl groups is 1. The van der Waals surface area contributed by atoms with Crippen molar-refractivity contribution in [3.05, 3.63) is 0 Å². The molecule has 0 aromatic carbocycles. The van der Waals surface area contributed by atoms with Crippen molar-refractivity contribution in [1.29, 1.82) is 0 Å². The number of aliphatic hydroxyl groups excluding tert-OH is 1. The van der Waals surface area contributed by atoms with Gasteiger partial charge < -0.3 is 16.1 Å². The fourth-order valence-electron chi connectivity index (χ4n) is 1.25. The molecule has 0 heterocycles.